The van der Waals surface area contributed by atoms with Crippen LogP contribution in [0.15, 0.2) is 0 Å². The molecule has 0 heterocycles. The van der Waals surface area contributed by atoms with Crippen molar-refractivity contribution < 1.29 is 15.0 Å². The number of carboxylic acid groups (broad SMARTS) is 1. The highest BCUT2D eigenvalue weighted by molar-refractivity contribution is 7.80. The standard InChI is InChI=1S/C5H11NO3S/c1-3(7)6-4(2-10)5(8)9/h3-4,6-7,10H,2H2,1H3,(H,8,9)/t3?,4-/m0/s1. The first-order valence-electron chi connectivity index (χ1n) is 2.85. The zero-order valence-electron chi connectivity index (χ0n) is 5.61. The Balaban J connectivity index is 3.72. The summed E-state index contributed by atoms with van der Waals surface area (Å²) in [6.45, 7) is 1.46. The molecule has 3 N–H and O–H groups in total. The van der Waals surface area contributed by atoms with E-state index >= 15 is 0 Å². The van der Waals surface area contributed by atoms with Crippen molar-refractivity contribution >= 4 is 18.6 Å². The highest BCUT2D eigenvalue weighted by Crippen LogP contribution is 1.89. The topological polar surface area (TPSA) is 69.6 Å². The van der Waals surface area contributed by atoms with Gasteiger partial charge in [0.15, 0.2) is 0 Å². The molecule has 0 saturated heterocycles. The van der Waals surface area contributed by atoms with Crippen LogP contribution in [0.5, 0.6) is 0 Å². The van der Waals surface area contributed by atoms with E-state index in [1.54, 1.807) is 0 Å². The van der Waals surface area contributed by atoms with Crippen LogP contribution in [0.3, 0.4) is 0 Å². The van der Waals surface area contributed by atoms with Crippen molar-refractivity contribution in [3.63, 3.8) is 0 Å². The van der Waals surface area contributed by atoms with Crippen molar-refractivity contribution in [3.8, 4) is 0 Å². The molecule has 1 unspecified atom stereocenters. The Morgan fingerprint density at radius 1 is 1.80 bits per heavy atom. The van der Waals surface area contributed by atoms with Gasteiger partial charge in [-0.05, 0) is 6.92 Å². The fourth-order valence-corrected chi connectivity index (χ4v) is 0.755. The number of aliphatic hydroxyl groups is 1. The lowest BCUT2D eigenvalue weighted by atomic mass is 10.3. The maximum absolute atomic E-state index is 10.2. The summed E-state index contributed by atoms with van der Waals surface area (Å²) in [6, 6.07) is -0.775. The van der Waals surface area contributed by atoms with Crippen molar-refractivity contribution in [2.45, 2.75) is 19.2 Å². The van der Waals surface area contributed by atoms with Crippen LogP contribution in [0.25, 0.3) is 0 Å². The normalized spacial score (nSPS) is 16.3. The average Bonchev–Trinajstić information content (AvgIpc) is 1.81. The Bertz CT molecular complexity index is 117. The van der Waals surface area contributed by atoms with E-state index in [0.29, 0.717) is 0 Å². The molecule has 0 aliphatic rings. The molecule has 0 amide bonds. The van der Waals surface area contributed by atoms with Gasteiger partial charge in [-0.15, -0.1) is 0 Å². The van der Waals surface area contributed by atoms with Crippen molar-refractivity contribution in [2.75, 3.05) is 5.75 Å². The molecule has 0 aromatic heterocycles. The van der Waals surface area contributed by atoms with Crippen LogP contribution in [0, 0.1) is 0 Å². The molecule has 0 rings (SSSR count). The van der Waals surface area contributed by atoms with E-state index in [0.717, 1.165) is 0 Å². The molecular weight excluding hydrogens is 154 g/mol. The minimum atomic E-state index is -1.00. The molecule has 2 atom stereocenters. The van der Waals surface area contributed by atoms with Crippen molar-refractivity contribution in [1.82, 2.24) is 5.32 Å². The van der Waals surface area contributed by atoms with Crippen LogP contribution in [-0.2, 0) is 4.79 Å². The second-order valence-corrected chi connectivity index (χ2v) is 2.28. The number of hydrogen-bond donors (Lipinski definition) is 4. The number of hydrogen-bond acceptors (Lipinski definition) is 4. The zero-order valence-corrected chi connectivity index (χ0v) is 6.51. The Morgan fingerprint density at radius 2 is 2.30 bits per heavy atom. The van der Waals surface area contributed by atoms with Gasteiger partial charge in [-0.3, -0.25) is 10.1 Å². The predicted molar refractivity (Wildman–Crippen MR) is 40.1 cm³/mol. The van der Waals surface area contributed by atoms with Gasteiger partial charge < -0.3 is 10.2 Å². The molecule has 0 bridgehead atoms. The summed E-state index contributed by atoms with van der Waals surface area (Å²) in [5.74, 6) is -0.837. The molecule has 0 fully saturated rings. The molecule has 5 heteroatoms. The zero-order chi connectivity index (χ0) is 8.15. The third-order valence-corrected chi connectivity index (χ3v) is 1.29. The Morgan fingerprint density at radius 3 is 2.40 bits per heavy atom. The molecule has 0 aromatic rings. The first kappa shape index (κ1) is 9.74. The van der Waals surface area contributed by atoms with E-state index in [9.17, 15) is 4.79 Å². The summed E-state index contributed by atoms with van der Waals surface area (Å²) in [6.07, 6.45) is -0.812. The summed E-state index contributed by atoms with van der Waals surface area (Å²) in [7, 11) is 0. The van der Waals surface area contributed by atoms with E-state index in [-0.39, 0.29) is 5.75 Å². The number of aliphatic carboxylic acids is 1. The molecule has 0 saturated carbocycles. The quantitative estimate of drug-likeness (QED) is 0.328. The number of nitrogens with one attached hydrogen (secondary N) is 1. The fraction of sp³-hybridized carbons (Fsp3) is 0.800. The van der Waals surface area contributed by atoms with Crippen LogP contribution in [-0.4, -0.2) is 34.2 Å². The molecule has 0 aliphatic carbocycles. The van der Waals surface area contributed by atoms with Crippen LogP contribution in [0.1, 0.15) is 6.92 Å². The highest BCUT2D eigenvalue weighted by Gasteiger charge is 2.15. The third kappa shape index (κ3) is 3.71. The van der Waals surface area contributed by atoms with Crippen molar-refractivity contribution in [1.29, 1.82) is 0 Å². The molecule has 0 aromatic carbocycles. The number of thiol groups is 1. The molecule has 60 valence electrons. The van der Waals surface area contributed by atoms with Crippen LogP contribution >= 0.6 is 12.6 Å². The summed E-state index contributed by atoms with van der Waals surface area (Å²) in [5, 5.41) is 19.5. The van der Waals surface area contributed by atoms with Crippen molar-refractivity contribution in [3.05, 3.63) is 0 Å². The molecular formula is C5H11NO3S. The monoisotopic (exact) mass is 165 g/mol. The van der Waals surface area contributed by atoms with E-state index in [1.165, 1.54) is 6.92 Å². The third-order valence-electron chi connectivity index (χ3n) is 0.923. The van der Waals surface area contributed by atoms with E-state index < -0.39 is 18.2 Å². The predicted octanol–water partition coefficient (Wildman–Crippen LogP) is -0.703. The molecule has 10 heavy (non-hydrogen) atoms. The van der Waals surface area contributed by atoms with Gasteiger partial charge in [0.05, 0.1) is 0 Å². The van der Waals surface area contributed by atoms with Gasteiger partial charge in [-0.2, -0.15) is 12.6 Å². The van der Waals surface area contributed by atoms with Gasteiger partial charge in [-0.1, -0.05) is 0 Å². The lowest BCUT2D eigenvalue weighted by Crippen LogP contribution is -2.43. The summed E-state index contributed by atoms with van der Waals surface area (Å²) in [4.78, 5) is 10.2. The lowest BCUT2D eigenvalue weighted by Gasteiger charge is -2.13. The minimum Gasteiger partial charge on any atom is -0.480 e. The van der Waals surface area contributed by atoms with Gasteiger partial charge in [-0.25, -0.2) is 0 Å². The lowest BCUT2D eigenvalue weighted by molar-refractivity contribution is -0.139. The van der Waals surface area contributed by atoms with Gasteiger partial charge in [0.25, 0.3) is 0 Å². The molecule has 0 aliphatic heterocycles. The maximum atomic E-state index is 10.2. The van der Waals surface area contributed by atoms with E-state index in [1.807, 2.05) is 0 Å². The van der Waals surface area contributed by atoms with Gasteiger partial charge in [0.1, 0.15) is 12.3 Å². The first-order chi connectivity index (χ1) is 4.57. The summed E-state index contributed by atoms with van der Waals surface area (Å²) in [5.41, 5.74) is 0. The molecule has 0 spiro atoms. The number of rotatable bonds is 4. The Labute approximate surface area is 64.7 Å². The van der Waals surface area contributed by atoms with Gasteiger partial charge in [0, 0.05) is 5.75 Å². The number of aliphatic hydroxyl groups excluding tert-OH is 1. The summed E-state index contributed by atoms with van der Waals surface area (Å²) < 4.78 is 0. The fourth-order valence-electron chi connectivity index (χ4n) is 0.493. The van der Waals surface area contributed by atoms with Gasteiger partial charge in [0.2, 0.25) is 0 Å². The average molecular weight is 165 g/mol. The van der Waals surface area contributed by atoms with Crippen LogP contribution < -0.4 is 5.32 Å². The smallest absolute Gasteiger partial charge is 0.321 e. The van der Waals surface area contributed by atoms with Crippen molar-refractivity contribution in [2.24, 2.45) is 0 Å². The second kappa shape index (κ2) is 4.54. The van der Waals surface area contributed by atoms with Crippen LogP contribution in [0.2, 0.25) is 0 Å². The largest absolute Gasteiger partial charge is 0.480 e. The summed E-state index contributed by atoms with van der Waals surface area (Å²) >= 11 is 3.78. The maximum Gasteiger partial charge on any atom is 0.321 e. The van der Waals surface area contributed by atoms with Crippen LogP contribution in [0.4, 0.5) is 0 Å². The molecule has 0 radical (unpaired) electrons. The number of carboxylic acids is 1. The highest BCUT2D eigenvalue weighted by atomic mass is 32.1. The minimum absolute atomic E-state index is 0.167. The Kier molecular flexibility index (Phi) is 4.42. The number of carbonyl (C=O) groups is 1. The SMILES string of the molecule is CC(O)N[C@@H](CS)C(=O)O. The van der Waals surface area contributed by atoms with Gasteiger partial charge >= 0.3 is 5.97 Å². The molecule has 4 nitrogen and oxygen atoms in total. The Hall–Kier alpha value is -0.260. The van der Waals surface area contributed by atoms with E-state index in [2.05, 4.69) is 17.9 Å². The van der Waals surface area contributed by atoms with E-state index in [4.69, 9.17) is 10.2 Å². The first-order valence-corrected chi connectivity index (χ1v) is 3.49. The second-order valence-electron chi connectivity index (χ2n) is 1.92.